The minimum Gasteiger partial charge on any atom is -0.353 e. The van der Waals surface area contributed by atoms with Gasteiger partial charge in [-0.15, -0.1) is 0 Å². The number of ether oxygens (including phenoxy) is 2. The van der Waals surface area contributed by atoms with Crippen molar-refractivity contribution in [3.63, 3.8) is 0 Å². The van der Waals surface area contributed by atoms with Crippen molar-refractivity contribution in [1.29, 1.82) is 0 Å². The fraction of sp³-hybridized carbons (Fsp3) is 0.727. The van der Waals surface area contributed by atoms with Crippen molar-refractivity contribution in [1.82, 2.24) is 0 Å². The summed E-state index contributed by atoms with van der Waals surface area (Å²) in [7, 11) is 0. The van der Waals surface area contributed by atoms with Crippen LogP contribution < -0.4 is 0 Å². The normalized spacial score (nSPS) is 23.5. The van der Waals surface area contributed by atoms with E-state index in [0.29, 0.717) is 6.61 Å². The molecule has 0 bridgehead atoms. The minimum absolute atomic E-state index is 0.0197. The van der Waals surface area contributed by atoms with E-state index < -0.39 is 0 Å². The molecule has 80 valence electrons. The van der Waals surface area contributed by atoms with Gasteiger partial charge in [0.15, 0.2) is 6.29 Å². The lowest BCUT2D eigenvalue weighted by Gasteiger charge is -2.22. The summed E-state index contributed by atoms with van der Waals surface area (Å²) in [4.78, 5) is 10.3. The second-order valence-corrected chi connectivity index (χ2v) is 3.52. The molecule has 1 saturated heterocycles. The zero-order chi connectivity index (χ0) is 10.2. The highest BCUT2D eigenvalue weighted by atomic mass is 16.7. The van der Waals surface area contributed by atoms with E-state index in [0.717, 1.165) is 37.7 Å². The first-order valence-electron chi connectivity index (χ1n) is 5.18. The number of carbonyl (C=O) groups is 1. The number of aldehydes is 1. The number of carbonyl (C=O) groups excluding carboxylic acids is 1. The Kier molecular flexibility index (Phi) is 5.49. The van der Waals surface area contributed by atoms with E-state index in [-0.39, 0.29) is 6.29 Å². The van der Waals surface area contributed by atoms with Gasteiger partial charge in [0, 0.05) is 6.61 Å². The van der Waals surface area contributed by atoms with Gasteiger partial charge in [-0.25, -0.2) is 0 Å². The average molecular weight is 198 g/mol. The zero-order valence-electron chi connectivity index (χ0n) is 8.70. The van der Waals surface area contributed by atoms with E-state index in [4.69, 9.17) is 9.47 Å². The highest BCUT2D eigenvalue weighted by Crippen LogP contribution is 2.13. The van der Waals surface area contributed by atoms with Gasteiger partial charge in [-0.05, 0) is 38.2 Å². The van der Waals surface area contributed by atoms with Crippen LogP contribution in [0.15, 0.2) is 11.6 Å². The smallest absolute Gasteiger partial charge is 0.157 e. The van der Waals surface area contributed by atoms with Gasteiger partial charge in [-0.2, -0.15) is 0 Å². The van der Waals surface area contributed by atoms with Crippen molar-refractivity contribution >= 4 is 6.29 Å². The molecule has 0 aromatic heterocycles. The highest BCUT2D eigenvalue weighted by molar-refractivity contribution is 5.71. The molecule has 0 N–H and O–H groups in total. The van der Waals surface area contributed by atoms with Crippen LogP contribution in [0.2, 0.25) is 0 Å². The van der Waals surface area contributed by atoms with E-state index in [1.54, 1.807) is 6.92 Å². The summed E-state index contributed by atoms with van der Waals surface area (Å²) in [6.45, 7) is 3.24. The van der Waals surface area contributed by atoms with E-state index in [9.17, 15) is 4.79 Å². The molecule has 0 spiro atoms. The Morgan fingerprint density at radius 2 is 2.43 bits per heavy atom. The summed E-state index contributed by atoms with van der Waals surface area (Å²) in [5.41, 5.74) is 0.762. The van der Waals surface area contributed by atoms with E-state index in [1.807, 2.05) is 6.08 Å². The van der Waals surface area contributed by atoms with Crippen LogP contribution in [0, 0.1) is 0 Å². The lowest BCUT2D eigenvalue weighted by Crippen LogP contribution is -2.22. The standard InChI is InChI=1S/C11H18O3/c1-10(9-12)5-4-8-14-11-6-2-3-7-13-11/h5,9,11H,2-4,6-8H2,1H3/b10-5+. The summed E-state index contributed by atoms with van der Waals surface area (Å²) in [5.74, 6) is 0. The molecule has 14 heavy (non-hydrogen) atoms. The van der Waals surface area contributed by atoms with E-state index >= 15 is 0 Å². The summed E-state index contributed by atoms with van der Waals surface area (Å²) in [5, 5.41) is 0. The van der Waals surface area contributed by atoms with Crippen LogP contribution in [-0.2, 0) is 14.3 Å². The largest absolute Gasteiger partial charge is 0.353 e. The Labute approximate surface area is 85.1 Å². The van der Waals surface area contributed by atoms with Gasteiger partial charge in [0.25, 0.3) is 0 Å². The summed E-state index contributed by atoms with van der Waals surface area (Å²) in [6.07, 6.45) is 6.83. The second-order valence-electron chi connectivity index (χ2n) is 3.52. The van der Waals surface area contributed by atoms with Gasteiger partial charge in [0.2, 0.25) is 0 Å². The first-order valence-corrected chi connectivity index (χ1v) is 5.18. The summed E-state index contributed by atoms with van der Waals surface area (Å²) in [6, 6.07) is 0. The third kappa shape index (κ3) is 4.53. The van der Waals surface area contributed by atoms with Crippen molar-refractivity contribution in [3.05, 3.63) is 11.6 Å². The first kappa shape index (κ1) is 11.4. The molecule has 3 heteroatoms. The molecular formula is C11H18O3. The van der Waals surface area contributed by atoms with Gasteiger partial charge < -0.3 is 9.47 Å². The van der Waals surface area contributed by atoms with Crippen LogP contribution in [0.1, 0.15) is 32.6 Å². The van der Waals surface area contributed by atoms with Crippen LogP contribution in [0.5, 0.6) is 0 Å². The molecule has 1 rings (SSSR count). The molecule has 3 nitrogen and oxygen atoms in total. The van der Waals surface area contributed by atoms with Gasteiger partial charge >= 0.3 is 0 Å². The predicted octanol–water partition coefficient (Wildman–Crippen LogP) is 2.06. The molecule has 1 aliphatic heterocycles. The zero-order valence-corrected chi connectivity index (χ0v) is 8.70. The maximum Gasteiger partial charge on any atom is 0.157 e. The monoisotopic (exact) mass is 198 g/mol. The molecule has 1 unspecified atom stereocenters. The van der Waals surface area contributed by atoms with Crippen LogP contribution >= 0.6 is 0 Å². The Balaban J connectivity index is 2.05. The SMILES string of the molecule is C/C(C=O)=C\CCOC1CCCCO1. The summed E-state index contributed by atoms with van der Waals surface area (Å²) < 4.78 is 10.9. The lowest BCUT2D eigenvalue weighted by atomic mass is 10.2. The number of hydrogen-bond donors (Lipinski definition) is 0. The molecule has 0 aromatic rings. The van der Waals surface area contributed by atoms with Gasteiger partial charge in [0.1, 0.15) is 6.29 Å². The number of hydrogen-bond acceptors (Lipinski definition) is 3. The molecule has 0 amide bonds. The molecule has 1 aliphatic rings. The minimum atomic E-state index is -0.0197. The molecule has 0 aromatic carbocycles. The maximum absolute atomic E-state index is 10.3. The fourth-order valence-corrected chi connectivity index (χ4v) is 1.38. The summed E-state index contributed by atoms with van der Waals surface area (Å²) >= 11 is 0. The molecule has 0 aliphatic carbocycles. The van der Waals surface area contributed by atoms with E-state index in [2.05, 4.69) is 0 Å². The predicted molar refractivity (Wildman–Crippen MR) is 54.0 cm³/mol. The first-order chi connectivity index (χ1) is 6.83. The van der Waals surface area contributed by atoms with Gasteiger partial charge in [-0.1, -0.05) is 6.08 Å². The number of rotatable bonds is 5. The van der Waals surface area contributed by atoms with Crippen LogP contribution in [0.4, 0.5) is 0 Å². The fourth-order valence-electron chi connectivity index (χ4n) is 1.38. The highest BCUT2D eigenvalue weighted by Gasteiger charge is 2.12. The van der Waals surface area contributed by atoms with E-state index in [1.165, 1.54) is 6.42 Å². The lowest BCUT2D eigenvalue weighted by molar-refractivity contribution is -0.161. The van der Waals surface area contributed by atoms with Gasteiger partial charge in [0.05, 0.1) is 6.61 Å². The molecule has 0 saturated carbocycles. The Morgan fingerprint density at radius 1 is 1.57 bits per heavy atom. The van der Waals surface area contributed by atoms with Crippen LogP contribution in [0.3, 0.4) is 0 Å². The molecule has 1 atom stereocenters. The quantitative estimate of drug-likeness (QED) is 0.385. The van der Waals surface area contributed by atoms with Crippen molar-refractivity contribution < 1.29 is 14.3 Å². The van der Waals surface area contributed by atoms with Crippen molar-refractivity contribution in [2.45, 2.75) is 38.9 Å². The second kappa shape index (κ2) is 6.74. The Hall–Kier alpha value is -0.670. The van der Waals surface area contributed by atoms with Crippen molar-refractivity contribution in [3.8, 4) is 0 Å². The third-order valence-corrected chi connectivity index (χ3v) is 2.21. The van der Waals surface area contributed by atoms with Crippen LogP contribution in [-0.4, -0.2) is 25.8 Å². The van der Waals surface area contributed by atoms with Crippen LogP contribution in [0.25, 0.3) is 0 Å². The van der Waals surface area contributed by atoms with Gasteiger partial charge in [-0.3, -0.25) is 4.79 Å². The van der Waals surface area contributed by atoms with Crippen molar-refractivity contribution in [2.24, 2.45) is 0 Å². The molecular weight excluding hydrogens is 180 g/mol. The van der Waals surface area contributed by atoms with Crippen molar-refractivity contribution in [2.75, 3.05) is 13.2 Å². The Morgan fingerprint density at radius 3 is 3.07 bits per heavy atom. The molecule has 1 heterocycles. The maximum atomic E-state index is 10.3. The number of allylic oxidation sites excluding steroid dienone is 1. The molecule has 0 radical (unpaired) electrons. The third-order valence-electron chi connectivity index (χ3n) is 2.21. The Bertz CT molecular complexity index is 193. The molecule has 1 fully saturated rings. The average Bonchev–Trinajstić information content (AvgIpc) is 2.25. The topological polar surface area (TPSA) is 35.5 Å².